The van der Waals surface area contributed by atoms with E-state index in [-0.39, 0.29) is 5.69 Å². The maximum atomic E-state index is 13.5. The van der Waals surface area contributed by atoms with Crippen molar-refractivity contribution < 1.29 is 8.78 Å². The second-order valence-electron chi connectivity index (χ2n) is 4.26. The lowest BCUT2D eigenvalue weighted by molar-refractivity contribution is 0.586. The van der Waals surface area contributed by atoms with Crippen molar-refractivity contribution in [3.05, 3.63) is 72.6 Å². The molecule has 0 aliphatic rings. The summed E-state index contributed by atoms with van der Waals surface area (Å²) in [5.74, 6) is -1.24. The summed E-state index contributed by atoms with van der Waals surface area (Å²) in [6.45, 7) is 0. The average molecular weight is 271 g/mol. The summed E-state index contributed by atoms with van der Waals surface area (Å²) >= 11 is 0. The lowest BCUT2D eigenvalue weighted by atomic mass is 10.3. The molecular weight excluding hydrogens is 260 g/mol. The van der Waals surface area contributed by atoms with Crippen LogP contribution in [0.5, 0.6) is 0 Å². The Morgan fingerprint density at radius 1 is 1.00 bits per heavy atom. The standard InChI is InChI=1S/C15H11F2N3/c16-11-6-7-15(14(17)8-11)19-12-9-18-20(10-12)13-4-2-1-3-5-13/h1-10,19H. The van der Waals surface area contributed by atoms with E-state index in [2.05, 4.69) is 10.4 Å². The van der Waals surface area contributed by atoms with Crippen molar-refractivity contribution in [1.82, 2.24) is 9.78 Å². The zero-order valence-corrected chi connectivity index (χ0v) is 10.4. The number of hydrogen-bond acceptors (Lipinski definition) is 2. The fourth-order valence-electron chi connectivity index (χ4n) is 1.86. The van der Waals surface area contributed by atoms with Gasteiger partial charge < -0.3 is 5.32 Å². The molecule has 0 radical (unpaired) electrons. The molecule has 3 aromatic rings. The highest BCUT2D eigenvalue weighted by Crippen LogP contribution is 2.21. The molecule has 0 aliphatic carbocycles. The van der Waals surface area contributed by atoms with Gasteiger partial charge in [-0.3, -0.25) is 0 Å². The first-order valence-corrected chi connectivity index (χ1v) is 6.04. The molecule has 0 spiro atoms. The SMILES string of the molecule is Fc1ccc(Nc2cnn(-c3ccccc3)c2)c(F)c1. The monoisotopic (exact) mass is 271 g/mol. The number of para-hydroxylation sites is 1. The van der Waals surface area contributed by atoms with Crippen LogP contribution < -0.4 is 5.32 Å². The lowest BCUT2D eigenvalue weighted by Crippen LogP contribution is -1.94. The van der Waals surface area contributed by atoms with Crippen LogP contribution in [-0.4, -0.2) is 9.78 Å². The zero-order valence-electron chi connectivity index (χ0n) is 10.4. The number of hydrogen-bond donors (Lipinski definition) is 1. The smallest absolute Gasteiger partial charge is 0.149 e. The van der Waals surface area contributed by atoms with E-state index >= 15 is 0 Å². The molecule has 0 unspecified atom stereocenters. The molecule has 1 heterocycles. The number of aromatic nitrogens is 2. The molecule has 2 aromatic carbocycles. The Hall–Kier alpha value is -2.69. The van der Waals surface area contributed by atoms with E-state index in [1.165, 1.54) is 12.1 Å². The molecule has 3 rings (SSSR count). The molecule has 20 heavy (non-hydrogen) atoms. The van der Waals surface area contributed by atoms with Gasteiger partial charge >= 0.3 is 0 Å². The van der Waals surface area contributed by atoms with Crippen molar-refractivity contribution in [2.75, 3.05) is 5.32 Å². The topological polar surface area (TPSA) is 29.9 Å². The molecule has 1 N–H and O–H groups in total. The Morgan fingerprint density at radius 3 is 2.55 bits per heavy atom. The Bertz CT molecular complexity index is 723. The third-order valence-electron chi connectivity index (χ3n) is 2.81. The van der Waals surface area contributed by atoms with Gasteiger partial charge in [-0.25, -0.2) is 13.5 Å². The average Bonchev–Trinajstić information content (AvgIpc) is 2.92. The van der Waals surface area contributed by atoms with Crippen LogP contribution in [0.1, 0.15) is 0 Å². The summed E-state index contributed by atoms with van der Waals surface area (Å²) in [4.78, 5) is 0. The third kappa shape index (κ3) is 2.51. The van der Waals surface area contributed by atoms with Gasteiger partial charge in [-0.15, -0.1) is 0 Å². The molecule has 0 amide bonds. The van der Waals surface area contributed by atoms with Crippen molar-refractivity contribution in [2.45, 2.75) is 0 Å². The second kappa shape index (κ2) is 5.13. The van der Waals surface area contributed by atoms with E-state index in [0.29, 0.717) is 5.69 Å². The Morgan fingerprint density at radius 2 is 1.80 bits per heavy atom. The summed E-state index contributed by atoms with van der Waals surface area (Å²) in [6.07, 6.45) is 3.31. The van der Waals surface area contributed by atoms with Crippen LogP contribution in [0, 0.1) is 11.6 Å². The molecule has 1 aromatic heterocycles. The van der Waals surface area contributed by atoms with Crippen LogP contribution in [0.3, 0.4) is 0 Å². The van der Waals surface area contributed by atoms with Crippen molar-refractivity contribution >= 4 is 11.4 Å². The Labute approximate surface area is 114 Å². The van der Waals surface area contributed by atoms with Crippen LogP contribution in [-0.2, 0) is 0 Å². The van der Waals surface area contributed by atoms with Crippen molar-refractivity contribution in [3.63, 3.8) is 0 Å². The van der Waals surface area contributed by atoms with E-state index in [4.69, 9.17) is 0 Å². The van der Waals surface area contributed by atoms with Crippen molar-refractivity contribution in [1.29, 1.82) is 0 Å². The number of halogens is 2. The Balaban J connectivity index is 1.84. The predicted octanol–water partition coefficient (Wildman–Crippen LogP) is 3.89. The Kier molecular flexibility index (Phi) is 3.16. The number of anilines is 2. The van der Waals surface area contributed by atoms with E-state index in [9.17, 15) is 8.78 Å². The molecule has 0 atom stereocenters. The predicted molar refractivity (Wildman–Crippen MR) is 73.2 cm³/mol. The van der Waals surface area contributed by atoms with Gasteiger partial charge in [0.25, 0.3) is 0 Å². The van der Waals surface area contributed by atoms with Crippen LogP contribution >= 0.6 is 0 Å². The molecule has 0 aliphatic heterocycles. The van der Waals surface area contributed by atoms with Crippen molar-refractivity contribution in [3.8, 4) is 5.69 Å². The molecule has 5 heteroatoms. The minimum absolute atomic E-state index is 0.207. The highest BCUT2D eigenvalue weighted by molar-refractivity contribution is 5.59. The van der Waals surface area contributed by atoms with Crippen LogP contribution in [0.2, 0.25) is 0 Å². The molecule has 0 saturated heterocycles. The summed E-state index contributed by atoms with van der Waals surface area (Å²) < 4.78 is 28.0. The van der Waals surface area contributed by atoms with E-state index < -0.39 is 11.6 Å². The minimum Gasteiger partial charge on any atom is -0.351 e. The summed E-state index contributed by atoms with van der Waals surface area (Å²) in [5.41, 5.74) is 1.73. The highest BCUT2D eigenvalue weighted by atomic mass is 19.1. The van der Waals surface area contributed by atoms with Gasteiger partial charge in [0.2, 0.25) is 0 Å². The van der Waals surface area contributed by atoms with Crippen molar-refractivity contribution in [2.24, 2.45) is 0 Å². The van der Waals surface area contributed by atoms with Crippen LogP contribution in [0.15, 0.2) is 60.9 Å². The molecule has 3 nitrogen and oxygen atoms in total. The number of nitrogens with zero attached hydrogens (tertiary/aromatic N) is 2. The first kappa shape index (κ1) is 12.3. The summed E-state index contributed by atoms with van der Waals surface area (Å²) in [7, 11) is 0. The van der Waals surface area contributed by atoms with Gasteiger partial charge in [-0.05, 0) is 24.3 Å². The first-order valence-electron chi connectivity index (χ1n) is 6.04. The molecular formula is C15H11F2N3. The quantitative estimate of drug-likeness (QED) is 0.783. The third-order valence-corrected chi connectivity index (χ3v) is 2.81. The normalized spacial score (nSPS) is 10.5. The molecule has 0 fully saturated rings. The second-order valence-corrected chi connectivity index (χ2v) is 4.26. The highest BCUT2D eigenvalue weighted by Gasteiger charge is 2.06. The van der Waals surface area contributed by atoms with Crippen LogP contribution in [0.25, 0.3) is 5.69 Å². The van der Waals surface area contributed by atoms with E-state index in [1.54, 1.807) is 17.1 Å². The molecule has 0 saturated carbocycles. The van der Waals surface area contributed by atoms with Crippen LogP contribution in [0.4, 0.5) is 20.2 Å². The van der Waals surface area contributed by atoms with Gasteiger partial charge in [0.15, 0.2) is 0 Å². The molecule has 100 valence electrons. The fourth-order valence-corrected chi connectivity index (χ4v) is 1.86. The maximum Gasteiger partial charge on any atom is 0.149 e. The van der Waals surface area contributed by atoms with E-state index in [1.807, 2.05) is 30.3 Å². The van der Waals surface area contributed by atoms with E-state index in [0.717, 1.165) is 11.8 Å². The minimum atomic E-state index is -0.641. The lowest BCUT2D eigenvalue weighted by Gasteiger charge is -2.04. The first-order chi connectivity index (χ1) is 9.72. The van der Waals surface area contributed by atoms with Gasteiger partial charge in [0, 0.05) is 6.07 Å². The summed E-state index contributed by atoms with van der Waals surface area (Å²) in [6, 6.07) is 12.9. The summed E-state index contributed by atoms with van der Waals surface area (Å²) in [5, 5.41) is 7.05. The van der Waals surface area contributed by atoms with Gasteiger partial charge in [-0.2, -0.15) is 5.10 Å². The number of nitrogens with one attached hydrogen (secondary N) is 1. The zero-order chi connectivity index (χ0) is 13.9. The number of rotatable bonds is 3. The van der Waals surface area contributed by atoms with Gasteiger partial charge in [0.05, 0.1) is 29.5 Å². The largest absolute Gasteiger partial charge is 0.351 e. The fraction of sp³-hybridized carbons (Fsp3) is 0. The van der Waals surface area contributed by atoms with Gasteiger partial charge in [-0.1, -0.05) is 18.2 Å². The number of benzene rings is 2. The van der Waals surface area contributed by atoms with Gasteiger partial charge in [0.1, 0.15) is 11.6 Å². The molecule has 0 bridgehead atoms. The maximum absolute atomic E-state index is 13.5.